The van der Waals surface area contributed by atoms with Gasteiger partial charge in [-0.05, 0) is 37.7 Å². The number of fused-ring (bicyclic) bond motifs is 1. The standard InChI is InChI=1S/C38H54BrN3O8/c1-5-8-19-29(44)40-28(25-48-4)32(26-17-13-12-14-18-26)49-37(47)30-31-35(45)42(22-15-10-11-16-23-43)34(38(31)24-27(39)33(30)50-38)36(46)41(20-7-3)21-9-6-2/h5,7,12-14,17-18,27-28,30-34,43H,1,3,6,8-11,15-16,19-25H2,2,4H3,(H,40,44)/t27?,28-,30-,31+,32-,33-,34-,38+/m1/s1. The van der Waals surface area contributed by atoms with Crippen molar-refractivity contribution in [1.82, 2.24) is 15.1 Å². The molecule has 4 rings (SSSR count). The molecule has 50 heavy (non-hydrogen) atoms. The number of halogens is 1. The lowest BCUT2D eigenvalue weighted by Crippen LogP contribution is -2.57. The van der Waals surface area contributed by atoms with Crippen LogP contribution in [0, 0.1) is 11.8 Å². The molecule has 3 amide bonds. The molecule has 1 spiro atoms. The number of aliphatic hydroxyl groups is 1. The van der Waals surface area contributed by atoms with Crippen molar-refractivity contribution >= 4 is 39.6 Å². The van der Waals surface area contributed by atoms with Gasteiger partial charge in [0.05, 0.1) is 30.6 Å². The van der Waals surface area contributed by atoms with Crippen LogP contribution in [-0.2, 0) is 33.4 Å². The van der Waals surface area contributed by atoms with Crippen LogP contribution in [0.2, 0.25) is 0 Å². The second-order valence-electron chi connectivity index (χ2n) is 13.5. The van der Waals surface area contributed by atoms with Crippen LogP contribution >= 0.6 is 15.9 Å². The van der Waals surface area contributed by atoms with E-state index in [-0.39, 0.29) is 42.2 Å². The zero-order chi connectivity index (χ0) is 36.3. The highest BCUT2D eigenvalue weighted by Gasteiger charge is 2.77. The third-order valence-electron chi connectivity index (χ3n) is 10.0. The van der Waals surface area contributed by atoms with Gasteiger partial charge in [-0.2, -0.15) is 0 Å². The molecule has 11 nitrogen and oxygen atoms in total. The number of ether oxygens (including phenoxy) is 3. The maximum Gasteiger partial charge on any atom is 0.313 e. The summed E-state index contributed by atoms with van der Waals surface area (Å²) in [6.45, 7) is 11.0. The molecule has 3 saturated heterocycles. The van der Waals surface area contributed by atoms with Gasteiger partial charge in [0.1, 0.15) is 17.7 Å². The second kappa shape index (κ2) is 19.0. The Morgan fingerprint density at radius 2 is 1.90 bits per heavy atom. The van der Waals surface area contributed by atoms with Crippen molar-refractivity contribution in [2.45, 2.75) is 99.4 Å². The highest BCUT2D eigenvalue weighted by molar-refractivity contribution is 9.09. The number of carbonyl (C=O) groups excluding carboxylic acids is 4. The number of hydrogen-bond acceptors (Lipinski definition) is 8. The Labute approximate surface area is 304 Å². The maximum atomic E-state index is 14.6. The zero-order valence-electron chi connectivity index (χ0n) is 29.5. The first-order valence-corrected chi connectivity index (χ1v) is 18.9. The molecule has 0 aliphatic carbocycles. The number of aliphatic hydroxyl groups excluding tert-OH is 1. The van der Waals surface area contributed by atoms with E-state index >= 15 is 0 Å². The molecule has 3 aliphatic rings. The van der Waals surface area contributed by atoms with Gasteiger partial charge in [-0.25, -0.2) is 0 Å². The van der Waals surface area contributed by atoms with Gasteiger partial charge < -0.3 is 34.4 Å². The fourth-order valence-electron chi connectivity index (χ4n) is 7.76. The number of benzene rings is 1. The summed E-state index contributed by atoms with van der Waals surface area (Å²) in [4.78, 5) is 59.6. The van der Waals surface area contributed by atoms with Gasteiger partial charge in [-0.3, -0.25) is 19.2 Å². The first-order chi connectivity index (χ1) is 24.2. The number of carbonyl (C=O) groups is 4. The molecule has 0 aromatic heterocycles. The van der Waals surface area contributed by atoms with Crippen molar-refractivity contribution in [3.8, 4) is 0 Å². The lowest BCUT2D eigenvalue weighted by molar-refractivity contribution is -0.163. The van der Waals surface area contributed by atoms with E-state index < -0.39 is 47.7 Å². The molecular weight excluding hydrogens is 706 g/mol. The summed E-state index contributed by atoms with van der Waals surface area (Å²) in [5.41, 5.74) is -0.562. The predicted molar refractivity (Wildman–Crippen MR) is 193 cm³/mol. The third kappa shape index (κ3) is 8.69. The van der Waals surface area contributed by atoms with Crippen molar-refractivity contribution in [3.63, 3.8) is 0 Å². The number of rotatable bonds is 22. The van der Waals surface area contributed by atoms with Crippen molar-refractivity contribution in [2.75, 3.05) is 40.0 Å². The molecule has 2 N–H and O–H groups in total. The first kappa shape index (κ1) is 39.7. The molecule has 1 aromatic rings. The van der Waals surface area contributed by atoms with Crippen molar-refractivity contribution < 1.29 is 38.5 Å². The lowest BCUT2D eigenvalue weighted by atomic mass is 9.70. The van der Waals surface area contributed by atoms with Gasteiger partial charge >= 0.3 is 5.97 Å². The highest BCUT2D eigenvalue weighted by Crippen LogP contribution is 2.60. The van der Waals surface area contributed by atoms with Gasteiger partial charge in [0.15, 0.2) is 0 Å². The van der Waals surface area contributed by atoms with E-state index in [1.165, 1.54) is 7.11 Å². The monoisotopic (exact) mass is 759 g/mol. The van der Waals surface area contributed by atoms with E-state index in [1.807, 2.05) is 30.3 Å². The highest BCUT2D eigenvalue weighted by atomic mass is 79.9. The SMILES string of the molecule is C=CCCC(=O)N[C@H](COC)[C@H](OC(=O)[C@H]1[C@@H]2O[C@@]3(CC2Br)[C@@H]1C(=O)N(CCCCCCO)[C@@H]3C(=O)N(CC=C)CCCC)c1ccccc1. The van der Waals surface area contributed by atoms with E-state index in [1.54, 1.807) is 22.0 Å². The number of likely N-dealkylation sites (tertiary alicyclic amines) is 1. The Hall–Kier alpha value is -3.06. The summed E-state index contributed by atoms with van der Waals surface area (Å²) in [5.74, 6) is -3.25. The maximum absolute atomic E-state index is 14.6. The molecule has 1 unspecified atom stereocenters. The Kier molecular flexibility index (Phi) is 15.1. The molecule has 3 fully saturated rings. The summed E-state index contributed by atoms with van der Waals surface area (Å²) >= 11 is 3.75. The summed E-state index contributed by atoms with van der Waals surface area (Å²) in [6.07, 6.45) is 7.41. The molecule has 12 heteroatoms. The molecular formula is C38H54BrN3O8. The molecule has 2 bridgehead atoms. The third-order valence-corrected chi connectivity index (χ3v) is 10.9. The van der Waals surface area contributed by atoms with Crippen molar-refractivity contribution in [2.24, 2.45) is 11.8 Å². The minimum Gasteiger partial charge on any atom is -0.455 e. The van der Waals surface area contributed by atoms with Crippen LogP contribution in [0.5, 0.6) is 0 Å². The average Bonchev–Trinajstić information content (AvgIpc) is 3.70. The van der Waals surface area contributed by atoms with Gasteiger partial charge in [0, 0.05) is 44.6 Å². The minimum absolute atomic E-state index is 0.0716. The van der Waals surface area contributed by atoms with Crippen LogP contribution in [0.1, 0.15) is 76.4 Å². The number of allylic oxidation sites excluding steroid dienone is 1. The molecule has 276 valence electrons. The van der Waals surface area contributed by atoms with Gasteiger partial charge in [0.25, 0.3) is 0 Å². The van der Waals surface area contributed by atoms with Gasteiger partial charge in [0.2, 0.25) is 17.7 Å². The molecule has 0 saturated carbocycles. The molecule has 1 aromatic carbocycles. The van der Waals surface area contributed by atoms with Gasteiger partial charge in [-0.1, -0.05) is 84.6 Å². The summed E-state index contributed by atoms with van der Waals surface area (Å²) in [5, 5.41) is 12.2. The van der Waals surface area contributed by atoms with Crippen molar-refractivity contribution in [1.29, 1.82) is 0 Å². The quantitative estimate of drug-likeness (QED) is 0.0766. The fourth-order valence-corrected chi connectivity index (χ4v) is 8.70. The van der Waals surface area contributed by atoms with E-state index in [0.717, 1.165) is 25.7 Å². The number of esters is 1. The smallest absolute Gasteiger partial charge is 0.313 e. The molecule has 8 atom stereocenters. The number of nitrogens with zero attached hydrogens (tertiary/aromatic N) is 2. The predicted octanol–water partition coefficient (Wildman–Crippen LogP) is 4.48. The molecule has 0 radical (unpaired) electrons. The first-order valence-electron chi connectivity index (χ1n) is 18.0. The van der Waals surface area contributed by atoms with Crippen LogP contribution in [-0.4, -0.2) is 107 Å². The van der Waals surface area contributed by atoms with Crippen LogP contribution in [0.3, 0.4) is 0 Å². The average molecular weight is 761 g/mol. The normalized spacial score (nSPS) is 26.3. The fraction of sp³-hybridized carbons (Fsp3) is 0.632. The van der Waals surface area contributed by atoms with Crippen molar-refractivity contribution in [3.05, 3.63) is 61.2 Å². The number of hydrogen-bond donors (Lipinski definition) is 2. The molecule has 3 aliphatic heterocycles. The molecule has 3 heterocycles. The summed E-state index contributed by atoms with van der Waals surface area (Å²) in [6, 6.07) is 7.52. The van der Waals surface area contributed by atoms with Gasteiger partial charge in [-0.15, -0.1) is 13.2 Å². The zero-order valence-corrected chi connectivity index (χ0v) is 31.1. The number of nitrogens with one attached hydrogen (secondary N) is 1. The Morgan fingerprint density at radius 3 is 2.56 bits per heavy atom. The van der Waals surface area contributed by atoms with E-state index in [2.05, 4.69) is 41.3 Å². The largest absolute Gasteiger partial charge is 0.455 e. The Morgan fingerprint density at radius 1 is 1.16 bits per heavy atom. The van der Waals surface area contributed by atoms with Crippen LogP contribution in [0.4, 0.5) is 0 Å². The topological polar surface area (TPSA) is 135 Å². The Bertz CT molecular complexity index is 1330. The minimum atomic E-state index is -1.22. The van der Waals surface area contributed by atoms with Crippen LogP contribution < -0.4 is 5.32 Å². The number of amides is 3. The second-order valence-corrected chi connectivity index (χ2v) is 14.7. The van der Waals surface area contributed by atoms with E-state index in [0.29, 0.717) is 50.9 Å². The van der Waals surface area contributed by atoms with Crippen LogP contribution in [0.15, 0.2) is 55.6 Å². The lowest BCUT2D eigenvalue weighted by Gasteiger charge is -2.37. The Balaban J connectivity index is 1.69. The van der Waals surface area contributed by atoms with E-state index in [4.69, 9.17) is 14.2 Å². The number of unbranched alkanes of at least 4 members (excludes halogenated alkanes) is 4. The summed E-state index contributed by atoms with van der Waals surface area (Å²) in [7, 11) is 1.51. The number of methoxy groups -OCH3 is 1. The summed E-state index contributed by atoms with van der Waals surface area (Å²) < 4.78 is 18.5. The number of alkyl halides is 1. The van der Waals surface area contributed by atoms with Crippen LogP contribution in [0.25, 0.3) is 0 Å². The van der Waals surface area contributed by atoms with E-state index in [9.17, 15) is 24.3 Å².